The van der Waals surface area contributed by atoms with E-state index in [1.807, 2.05) is 17.0 Å². The largest absolute Gasteiger partial charge is 0.493 e. The predicted molar refractivity (Wildman–Crippen MR) is 71.9 cm³/mol. The molecule has 4 heteroatoms. The molecule has 2 heterocycles. The molecule has 0 spiro atoms. The first-order valence-corrected chi connectivity index (χ1v) is 6.80. The smallest absolute Gasteiger partial charge is 0.254 e. The van der Waals surface area contributed by atoms with Crippen molar-refractivity contribution in [2.24, 2.45) is 0 Å². The van der Waals surface area contributed by atoms with E-state index < -0.39 is 0 Å². The number of hydrogen-bond donors (Lipinski definition) is 0. The Balaban J connectivity index is 2.04. The lowest BCUT2D eigenvalue weighted by atomic mass is 9.87. The maximum atomic E-state index is 12.5. The Bertz CT molecular complexity index is 512. The van der Waals surface area contributed by atoms with Crippen LogP contribution in [0.1, 0.15) is 35.2 Å². The van der Waals surface area contributed by atoms with Crippen molar-refractivity contribution in [2.45, 2.75) is 31.7 Å². The quantitative estimate of drug-likeness (QED) is 0.819. The molecule has 3 rings (SSSR count). The van der Waals surface area contributed by atoms with Gasteiger partial charge in [-0.3, -0.25) is 4.79 Å². The number of amides is 1. The summed E-state index contributed by atoms with van der Waals surface area (Å²) in [6, 6.07) is 4.14. The van der Waals surface area contributed by atoms with Gasteiger partial charge in [0.1, 0.15) is 0 Å². The number of fused-ring (bicyclic) bond motifs is 2. The van der Waals surface area contributed by atoms with Crippen LogP contribution in [0.4, 0.5) is 0 Å². The number of carbonyl (C=O) groups is 1. The zero-order chi connectivity index (χ0) is 13.4. The lowest BCUT2D eigenvalue weighted by Gasteiger charge is -2.40. The topological polar surface area (TPSA) is 38.8 Å². The van der Waals surface area contributed by atoms with E-state index in [9.17, 15) is 4.79 Å². The number of methoxy groups -OCH3 is 2. The van der Waals surface area contributed by atoms with E-state index in [0.29, 0.717) is 17.5 Å². The van der Waals surface area contributed by atoms with E-state index in [2.05, 4.69) is 0 Å². The third kappa shape index (κ3) is 1.95. The van der Waals surface area contributed by atoms with Crippen molar-refractivity contribution in [1.82, 2.24) is 4.90 Å². The van der Waals surface area contributed by atoms with Gasteiger partial charge in [0.05, 0.1) is 14.2 Å². The fourth-order valence-electron chi connectivity index (χ4n) is 3.18. The van der Waals surface area contributed by atoms with Gasteiger partial charge >= 0.3 is 0 Å². The van der Waals surface area contributed by atoms with Crippen LogP contribution in [-0.2, 0) is 6.42 Å². The number of rotatable bonds is 2. The van der Waals surface area contributed by atoms with Gasteiger partial charge < -0.3 is 14.4 Å². The highest BCUT2D eigenvalue weighted by Gasteiger charge is 2.34. The molecule has 0 aliphatic carbocycles. The third-order valence-corrected chi connectivity index (χ3v) is 4.18. The number of carbonyl (C=O) groups excluding carboxylic acids is 1. The molecular formula is C15H19NO3. The van der Waals surface area contributed by atoms with Gasteiger partial charge in [-0.05, 0) is 43.4 Å². The molecule has 1 aromatic rings. The average Bonchev–Trinajstić information content (AvgIpc) is 2.46. The summed E-state index contributed by atoms with van der Waals surface area (Å²) in [5, 5.41) is 0. The zero-order valence-corrected chi connectivity index (χ0v) is 11.4. The Morgan fingerprint density at radius 1 is 1.16 bits per heavy atom. The third-order valence-electron chi connectivity index (χ3n) is 4.18. The molecule has 4 nitrogen and oxygen atoms in total. The van der Waals surface area contributed by atoms with Crippen LogP contribution in [0.25, 0.3) is 0 Å². The second-order valence-corrected chi connectivity index (χ2v) is 5.22. The molecule has 0 saturated carbocycles. The highest BCUT2D eigenvalue weighted by molar-refractivity contribution is 5.98. The minimum absolute atomic E-state index is 0.145. The first kappa shape index (κ1) is 12.3. The minimum Gasteiger partial charge on any atom is -0.493 e. The summed E-state index contributed by atoms with van der Waals surface area (Å²) in [5.74, 6) is 1.48. The molecule has 19 heavy (non-hydrogen) atoms. The van der Waals surface area contributed by atoms with Crippen LogP contribution in [0.15, 0.2) is 12.1 Å². The SMILES string of the molecule is COc1cc2c(cc1OC)C(=O)N1CCCCC1C2. The standard InChI is InChI=1S/C15H19NO3/c1-18-13-8-10-7-11-5-3-4-6-16(11)15(17)12(10)9-14(13)19-2/h8-9,11H,3-7H2,1-2H3. The van der Waals surface area contributed by atoms with Gasteiger partial charge in [0.25, 0.3) is 5.91 Å². The van der Waals surface area contributed by atoms with E-state index in [0.717, 1.165) is 36.9 Å². The minimum atomic E-state index is 0.145. The van der Waals surface area contributed by atoms with Gasteiger partial charge in [0.15, 0.2) is 11.5 Å². The highest BCUT2D eigenvalue weighted by Crippen LogP contribution is 2.36. The number of ether oxygens (including phenoxy) is 2. The van der Waals surface area contributed by atoms with Gasteiger partial charge in [0, 0.05) is 18.2 Å². The second-order valence-electron chi connectivity index (χ2n) is 5.22. The molecule has 1 atom stereocenters. The Kier molecular flexibility index (Phi) is 3.09. The summed E-state index contributed by atoms with van der Waals surface area (Å²) in [7, 11) is 3.23. The summed E-state index contributed by atoms with van der Waals surface area (Å²) >= 11 is 0. The molecule has 2 aliphatic heterocycles. The van der Waals surface area contributed by atoms with Crippen molar-refractivity contribution in [3.8, 4) is 11.5 Å². The maximum absolute atomic E-state index is 12.5. The summed E-state index contributed by atoms with van der Waals surface area (Å²) in [6.07, 6.45) is 4.38. The Morgan fingerprint density at radius 3 is 2.63 bits per heavy atom. The van der Waals surface area contributed by atoms with Crippen molar-refractivity contribution in [3.05, 3.63) is 23.3 Å². The van der Waals surface area contributed by atoms with Crippen LogP contribution >= 0.6 is 0 Å². The average molecular weight is 261 g/mol. The second kappa shape index (κ2) is 4.76. The van der Waals surface area contributed by atoms with Crippen LogP contribution in [-0.4, -0.2) is 37.6 Å². The van der Waals surface area contributed by atoms with Crippen LogP contribution in [0.2, 0.25) is 0 Å². The van der Waals surface area contributed by atoms with E-state index >= 15 is 0 Å². The number of hydrogen-bond acceptors (Lipinski definition) is 3. The lowest BCUT2D eigenvalue weighted by molar-refractivity contribution is 0.0581. The van der Waals surface area contributed by atoms with Crippen LogP contribution in [0.3, 0.4) is 0 Å². The summed E-state index contributed by atoms with van der Waals surface area (Å²) < 4.78 is 10.6. The fraction of sp³-hybridized carbons (Fsp3) is 0.533. The first-order chi connectivity index (χ1) is 9.24. The highest BCUT2D eigenvalue weighted by atomic mass is 16.5. The molecule has 1 unspecified atom stereocenters. The van der Waals surface area contributed by atoms with E-state index in [4.69, 9.17) is 9.47 Å². The summed E-state index contributed by atoms with van der Waals surface area (Å²) in [6.45, 7) is 0.886. The maximum Gasteiger partial charge on any atom is 0.254 e. The Hall–Kier alpha value is -1.71. The number of nitrogens with zero attached hydrogens (tertiary/aromatic N) is 1. The zero-order valence-electron chi connectivity index (χ0n) is 11.4. The molecule has 2 aliphatic rings. The Labute approximate surface area is 113 Å². The molecule has 1 aromatic carbocycles. The number of piperidine rings is 1. The van der Waals surface area contributed by atoms with Crippen molar-refractivity contribution in [2.75, 3.05) is 20.8 Å². The summed E-state index contributed by atoms with van der Waals surface area (Å²) in [4.78, 5) is 14.6. The van der Waals surface area contributed by atoms with Gasteiger partial charge in [0.2, 0.25) is 0 Å². The van der Waals surface area contributed by atoms with Gasteiger partial charge in [-0.25, -0.2) is 0 Å². The van der Waals surface area contributed by atoms with Crippen LogP contribution < -0.4 is 9.47 Å². The molecule has 102 valence electrons. The van der Waals surface area contributed by atoms with Crippen LogP contribution in [0, 0.1) is 0 Å². The molecule has 0 aromatic heterocycles. The normalized spacial score (nSPS) is 21.7. The summed E-state index contributed by atoms with van der Waals surface area (Å²) in [5.41, 5.74) is 1.86. The van der Waals surface area contributed by atoms with Crippen molar-refractivity contribution >= 4 is 5.91 Å². The lowest BCUT2D eigenvalue weighted by Crippen LogP contribution is -2.48. The Morgan fingerprint density at radius 2 is 1.89 bits per heavy atom. The molecule has 0 radical (unpaired) electrons. The van der Waals surface area contributed by atoms with Gasteiger partial charge in [-0.2, -0.15) is 0 Å². The van der Waals surface area contributed by atoms with E-state index in [1.54, 1.807) is 14.2 Å². The van der Waals surface area contributed by atoms with Crippen molar-refractivity contribution < 1.29 is 14.3 Å². The molecular weight excluding hydrogens is 242 g/mol. The first-order valence-electron chi connectivity index (χ1n) is 6.80. The number of benzene rings is 1. The molecule has 0 N–H and O–H groups in total. The van der Waals surface area contributed by atoms with Gasteiger partial charge in [-0.1, -0.05) is 0 Å². The van der Waals surface area contributed by atoms with Crippen molar-refractivity contribution in [1.29, 1.82) is 0 Å². The monoisotopic (exact) mass is 261 g/mol. The molecule has 0 bridgehead atoms. The van der Waals surface area contributed by atoms with Crippen LogP contribution in [0.5, 0.6) is 11.5 Å². The van der Waals surface area contributed by atoms with E-state index in [-0.39, 0.29) is 5.91 Å². The fourth-order valence-corrected chi connectivity index (χ4v) is 3.18. The van der Waals surface area contributed by atoms with Crippen molar-refractivity contribution in [3.63, 3.8) is 0 Å². The molecule has 1 amide bonds. The molecule has 1 saturated heterocycles. The predicted octanol–water partition coefficient (Wildman–Crippen LogP) is 2.25. The van der Waals surface area contributed by atoms with Gasteiger partial charge in [-0.15, -0.1) is 0 Å². The molecule has 1 fully saturated rings. The van der Waals surface area contributed by atoms with E-state index in [1.165, 1.54) is 6.42 Å².